The van der Waals surface area contributed by atoms with Crippen LogP contribution in [0.1, 0.15) is 33.2 Å². The van der Waals surface area contributed by atoms with Gasteiger partial charge in [0.15, 0.2) is 11.4 Å². The van der Waals surface area contributed by atoms with Crippen molar-refractivity contribution in [1.82, 2.24) is 9.58 Å². The number of ether oxygens (including phenoxy) is 1. The Morgan fingerprint density at radius 1 is 1.09 bits per heavy atom. The minimum absolute atomic E-state index is 0.0898. The molecular weight excluding hydrogens is 445 g/mol. The molecule has 6 rings (SSSR count). The van der Waals surface area contributed by atoms with Gasteiger partial charge in [0.2, 0.25) is 5.43 Å². The number of amides is 1. The number of hydrogen-bond acceptors (Lipinski definition) is 6. The van der Waals surface area contributed by atoms with Crippen molar-refractivity contribution in [3.05, 3.63) is 93.2 Å². The number of morpholine rings is 1. The maximum atomic E-state index is 14.5. The van der Waals surface area contributed by atoms with Crippen LogP contribution in [-0.4, -0.2) is 46.5 Å². The highest BCUT2D eigenvalue weighted by Crippen LogP contribution is 2.44. The van der Waals surface area contributed by atoms with Gasteiger partial charge in [-0.05, 0) is 34.9 Å². The van der Waals surface area contributed by atoms with Crippen LogP contribution in [0.3, 0.4) is 0 Å². The predicted molar refractivity (Wildman–Crippen MR) is 120 cm³/mol. The molecule has 2 unspecified atom stereocenters. The predicted octanol–water partition coefficient (Wildman–Crippen LogP) is 2.84. The maximum Gasteiger partial charge on any atom is 0.278 e. The quantitative estimate of drug-likeness (QED) is 0.596. The molecule has 3 aliphatic rings. The number of fused-ring (bicyclic) bond motifs is 4. The number of carbonyl (C=O) groups excluding carboxylic acids is 1. The number of nitrogens with zero attached hydrogens (tertiary/aromatic N) is 3. The van der Waals surface area contributed by atoms with Crippen LogP contribution in [0.5, 0.6) is 5.75 Å². The Kier molecular flexibility index (Phi) is 4.70. The summed E-state index contributed by atoms with van der Waals surface area (Å²) in [7, 11) is 0. The lowest BCUT2D eigenvalue weighted by atomic mass is 9.93. The van der Waals surface area contributed by atoms with Gasteiger partial charge >= 0.3 is 0 Å². The Hall–Kier alpha value is -3.30. The Bertz CT molecular complexity index is 1340. The van der Waals surface area contributed by atoms with E-state index in [9.17, 15) is 19.1 Å². The van der Waals surface area contributed by atoms with E-state index in [0.29, 0.717) is 18.9 Å². The molecule has 4 heterocycles. The molecule has 7 nitrogen and oxygen atoms in total. The first kappa shape index (κ1) is 20.3. The third-order valence-electron chi connectivity index (χ3n) is 6.44. The van der Waals surface area contributed by atoms with Gasteiger partial charge in [-0.2, -0.15) is 0 Å². The monoisotopic (exact) mass is 465 g/mol. The second-order valence-corrected chi connectivity index (χ2v) is 9.25. The lowest BCUT2D eigenvalue weighted by molar-refractivity contribution is -0.0197. The molecule has 1 fully saturated rings. The van der Waals surface area contributed by atoms with Crippen molar-refractivity contribution < 1.29 is 19.0 Å². The fraction of sp³-hybridized carbons (Fsp3) is 0.250. The zero-order valence-corrected chi connectivity index (χ0v) is 18.3. The van der Waals surface area contributed by atoms with Gasteiger partial charge in [0, 0.05) is 29.5 Å². The summed E-state index contributed by atoms with van der Waals surface area (Å²) in [5.74, 6) is -0.696. The van der Waals surface area contributed by atoms with Crippen molar-refractivity contribution in [2.24, 2.45) is 0 Å². The fourth-order valence-corrected chi connectivity index (χ4v) is 6.02. The van der Waals surface area contributed by atoms with Crippen LogP contribution in [0.2, 0.25) is 0 Å². The summed E-state index contributed by atoms with van der Waals surface area (Å²) in [6.07, 6.45) is 0.999. The number of pyridine rings is 1. The molecule has 0 bridgehead atoms. The van der Waals surface area contributed by atoms with Crippen molar-refractivity contribution >= 4 is 17.7 Å². The largest absolute Gasteiger partial charge is 0.502 e. The molecule has 9 heteroatoms. The van der Waals surface area contributed by atoms with Crippen molar-refractivity contribution in [3.63, 3.8) is 0 Å². The number of aromatic nitrogens is 1. The Morgan fingerprint density at radius 2 is 1.94 bits per heavy atom. The minimum atomic E-state index is -0.621. The third kappa shape index (κ3) is 3.07. The molecule has 3 aromatic rings. The first-order chi connectivity index (χ1) is 16.0. The molecule has 2 atom stereocenters. The molecule has 2 aromatic carbocycles. The number of rotatable bonds is 1. The maximum absolute atomic E-state index is 14.5. The molecule has 0 aliphatic carbocycles. The normalized spacial score (nSPS) is 21.5. The summed E-state index contributed by atoms with van der Waals surface area (Å²) < 4.78 is 21.8. The lowest BCUT2D eigenvalue weighted by Gasteiger charge is -2.51. The number of thioether (sulfide) groups is 1. The van der Waals surface area contributed by atoms with Crippen molar-refractivity contribution in [3.8, 4) is 5.75 Å². The summed E-state index contributed by atoms with van der Waals surface area (Å²) in [4.78, 5) is 28.2. The first-order valence-corrected chi connectivity index (χ1v) is 11.6. The van der Waals surface area contributed by atoms with Crippen LogP contribution in [0.4, 0.5) is 4.39 Å². The Balaban J connectivity index is 1.67. The molecule has 1 amide bonds. The Labute approximate surface area is 193 Å². The van der Waals surface area contributed by atoms with Crippen LogP contribution in [0.25, 0.3) is 0 Å². The summed E-state index contributed by atoms with van der Waals surface area (Å²) in [5.41, 5.74) is 2.00. The summed E-state index contributed by atoms with van der Waals surface area (Å²) in [6, 6.07) is 13.5. The zero-order chi connectivity index (χ0) is 22.7. The second-order valence-electron chi connectivity index (χ2n) is 8.23. The van der Waals surface area contributed by atoms with E-state index in [-0.39, 0.29) is 18.1 Å². The topological polar surface area (TPSA) is 75.0 Å². The zero-order valence-electron chi connectivity index (χ0n) is 17.5. The smallest absolute Gasteiger partial charge is 0.278 e. The molecule has 33 heavy (non-hydrogen) atoms. The third-order valence-corrected chi connectivity index (χ3v) is 7.58. The van der Waals surface area contributed by atoms with Gasteiger partial charge in [-0.3, -0.25) is 19.3 Å². The van der Waals surface area contributed by atoms with Crippen LogP contribution in [-0.2, 0) is 10.5 Å². The van der Waals surface area contributed by atoms with E-state index in [1.165, 1.54) is 24.4 Å². The molecule has 1 N–H and O–H groups in total. The van der Waals surface area contributed by atoms with E-state index in [2.05, 4.69) is 0 Å². The van der Waals surface area contributed by atoms with Gasteiger partial charge in [-0.1, -0.05) is 24.3 Å². The highest BCUT2D eigenvalue weighted by Gasteiger charge is 2.45. The molecule has 1 saturated heterocycles. The van der Waals surface area contributed by atoms with Crippen molar-refractivity contribution in [2.75, 3.05) is 24.8 Å². The van der Waals surface area contributed by atoms with Crippen LogP contribution in [0, 0.1) is 5.82 Å². The standard InChI is InChI=1S/C24H20FN3O4S/c25-15-6-5-14-13-33-19-4-2-1-3-16(19)21(17(14)11-15)28-20-12-32-10-9-26(20)24(31)22-23(30)18(29)7-8-27(22)28/h1-8,11,20-21,30H,9-10,12-13H2. The van der Waals surface area contributed by atoms with Gasteiger partial charge in [0.1, 0.15) is 12.0 Å². The van der Waals surface area contributed by atoms with E-state index in [0.717, 1.165) is 21.6 Å². The van der Waals surface area contributed by atoms with Gasteiger partial charge in [0.05, 0.1) is 19.3 Å². The number of benzene rings is 2. The minimum Gasteiger partial charge on any atom is -0.502 e. The van der Waals surface area contributed by atoms with E-state index < -0.39 is 29.3 Å². The molecule has 3 aliphatic heterocycles. The first-order valence-electron chi connectivity index (χ1n) is 10.7. The van der Waals surface area contributed by atoms with Crippen LogP contribution in [0.15, 0.2) is 64.4 Å². The number of aromatic hydroxyl groups is 1. The molecule has 1 aromatic heterocycles. The summed E-state index contributed by atoms with van der Waals surface area (Å²) in [5, 5.41) is 12.5. The van der Waals surface area contributed by atoms with E-state index >= 15 is 0 Å². The highest BCUT2D eigenvalue weighted by atomic mass is 32.2. The number of carbonyl (C=O) groups is 1. The molecule has 168 valence electrons. The summed E-state index contributed by atoms with van der Waals surface area (Å²) in [6.45, 7) is 0.923. The molecular formula is C24H20FN3O4S. The van der Waals surface area contributed by atoms with E-state index in [4.69, 9.17) is 4.74 Å². The average Bonchev–Trinajstić information content (AvgIpc) is 2.98. The second kappa shape index (κ2) is 7.64. The molecule has 0 spiro atoms. The van der Waals surface area contributed by atoms with E-state index in [1.807, 2.05) is 29.3 Å². The van der Waals surface area contributed by atoms with Gasteiger partial charge in [-0.25, -0.2) is 4.39 Å². The van der Waals surface area contributed by atoms with E-state index in [1.54, 1.807) is 27.4 Å². The molecule has 0 radical (unpaired) electrons. The fourth-order valence-electron chi connectivity index (χ4n) is 4.93. The van der Waals surface area contributed by atoms with Crippen molar-refractivity contribution in [1.29, 1.82) is 0 Å². The summed E-state index contributed by atoms with van der Waals surface area (Å²) >= 11 is 1.67. The van der Waals surface area contributed by atoms with Crippen LogP contribution < -0.4 is 10.4 Å². The lowest BCUT2D eigenvalue weighted by Crippen LogP contribution is -2.66. The number of halogens is 1. The van der Waals surface area contributed by atoms with Gasteiger partial charge in [-0.15, -0.1) is 11.8 Å². The SMILES string of the molecule is O=C1c2c(O)c(=O)ccn2N(C2c3cc(F)ccc3CSc3ccccc32)C2COCCN12. The van der Waals surface area contributed by atoms with Gasteiger partial charge in [0.25, 0.3) is 5.91 Å². The molecule has 0 saturated carbocycles. The van der Waals surface area contributed by atoms with Crippen LogP contribution >= 0.6 is 11.8 Å². The number of hydrogen-bond donors (Lipinski definition) is 1. The Morgan fingerprint density at radius 3 is 2.82 bits per heavy atom. The highest BCUT2D eigenvalue weighted by molar-refractivity contribution is 7.98. The van der Waals surface area contributed by atoms with Gasteiger partial charge < -0.3 is 14.7 Å². The van der Waals surface area contributed by atoms with Crippen molar-refractivity contribution in [2.45, 2.75) is 22.9 Å². The average molecular weight is 466 g/mol.